The molecule has 8 heteroatoms. The second-order valence-corrected chi connectivity index (χ2v) is 5.42. The monoisotopic (exact) mass is 344 g/mol. The first kappa shape index (κ1) is 17.3. The van der Waals surface area contributed by atoms with Crippen molar-refractivity contribution in [1.82, 2.24) is 4.98 Å². The molecule has 0 bridgehead atoms. The second kappa shape index (κ2) is 7.04. The molecular formula is C15H16ClF3N4. The third-order valence-electron chi connectivity index (χ3n) is 3.55. The summed E-state index contributed by atoms with van der Waals surface area (Å²) in [5.41, 5.74) is 5.92. The Morgan fingerprint density at radius 1 is 1.39 bits per heavy atom. The molecule has 0 saturated heterocycles. The number of halogens is 4. The molecule has 124 valence electrons. The van der Waals surface area contributed by atoms with E-state index in [1.54, 1.807) is 4.90 Å². The van der Waals surface area contributed by atoms with Crippen LogP contribution in [0.1, 0.15) is 18.4 Å². The first-order valence-corrected chi connectivity index (χ1v) is 7.30. The Morgan fingerprint density at radius 2 is 2.09 bits per heavy atom. The average molecular weight is 345 g/mol. The number of anilines is 1. The minimum Gasteiger partial charge on any atom is -0.390 e. The number of nitrogens with zero attached hydrogens (tertiary/aromatic N) is 3. The van der Waals surface area contributed by atoms with Crippen molar-refractivity contribution >= 4 is 23.8 Å². The van der Waals surface area contributed by atoms with Crippen LogP contribution in [0.25, 0.3) is 0 Å². The van der Waals surface area contributed by atoms with Gasteiger partial charge in [0, 0.05) is 36.4 Å². The number of allylic oxidation sites excluding steroid dienone is 1. The molecule has 0 atom stereocenters. The van der Waals surface area contributed by atoms with Gasteiger partial charge in [0.1, 0.15) is 5.82 Å². The van der Waals surface area contributed by atoms with Crippen LogP contribution in [-0.2, 0) is 6.18 Å². The molecule has 0 saturated carbocycles. The molecule has 1 aromatic rings. The second-order valence-electron chi connectivity index (χ2n) is 4.97. The van der Waals surface area contributed by atoms with Gasteiger partial charge in [-0.15, -0.1) is 0 Å². The Labute approximate surface area is 137 Å². The van der Waals surface area contributed by atoms with Gasteiger partial charge in [-0.1, -0.05) is 18.2 Å². The summed E-state index contributed by atoms with van der Waals surface area (Å²) in [6.45, 7) is 4.36. The summed E-state index contributed by atoms with van der Waals surface area (Å²) in [6, 6.07) is 2.31. The molecule has 0 aliphatic carbocycles. The van der Waals surface area contributed by atoms with E-state index in [1.807, 2.05) is 0 Å². The Hall–Kier alpha value is -2.02. The Balaban J connectivity index is 2.32. The highest BCUT2D eigenvalue weighted by atomic mass is 35.5. The molecular weight excluding hydrogens is 329 g/mol. The zero-order valence-corrected chi connectivity index (χ0v) is 13.0. The lowest BCUT2D eigenvalue weighted by atomic mass is 10.1. The normalized spacial score (nSPS) is 16.8. The van der Waals surface area contributed by atoms with E-state index in [4.69, 9.17) is 17.3 Å². The van der Waals surface area contributed by atoms with Gasteiger partial charge >= 0.3 is 6.18 Å². The van der Waals surface area contributed by atoms with Gasteiger partial charge in [-0.05, 0) is 24.1 Å². The molecule has 0 aromatic carbocycles. The van der Waals surface area contributed by atoms with Gasteiger partial charge in [0.2, 0.25) is 0 Å². The van der Waals surface area contributed by atoms with E-state index in [2.05, 4.69) is 16.6 Å². The molecule has 0 unspecified atom stereocenters. The van der Waals surface area contributed by atoms with E-state index in [1.165, 1.54) is 12.3 Å². The zero-order valence-electron chi connectivity index (χ0n) is 12.3. The Morgan fingerprint density at radius 3 is 2.70 bits per heavy atom. The van der Waals surface area contributed by atoms with Gasteiger partial charge in [-0.2, -0.15) is 13.2 Å². The van der Waals surface area contributed by atoms with Crippen LogP contribution in [0.4, 0.5) is 19.0 Å². The number of aromatic nitrogens is 1. The SMILES string of the molecule is C=C(Cl)C1=C(/N=C\N)CCN(c2ncccc2C(F)(F)F)CC1. The molecule has 1 aromatic heterocycles. The van der Waals surface area contributed by atoms with Crippen molar-refractivity contribution < 1.29 is 13.2 Å². The molecule has 0 fully saturated rings. The van der Waals surface area contributed by atoms with E-state index in [9.17, 15) is 13.2 Å². The van der Waals surface area contributed by atoms with Crippen molar-refractivity contribution in [2.45, 2.75) is 19.0 Å². The third kappa shape index (κ3) is 4.04. The highest BCUT2D eigenvalue weighted by molar-refractivity contribution is 6.31. The van der Waals surface area contributed by atoms with E-state index < -0.39 is 11.7 Å². The predicted molar refractivity (Wildman–Crippen MR) is 85.4 cm³/mol. The van der Waals surface area contributed by atoms with E-state index >= 15 is 0 Å². The Bertz CT molecular complexity index is 652. The minimum atomic E-state index is -4.46. The van der Waals surface area contributed by atoms with Crippen molar-refractivity contribution in [2.24, 2.45) is 10.7 Å². The standard InChI is InChI=1S/C15H16ClF3N4/c1-10(16)11-4-7-23(8-5-13(11)22-9-20)14-12(15(17,18)19)3-2-6-21-14/h2-3,6,9H,1,4-5,7-8H2,(H2,20,22). The molecule has 1 aliphatic heterocycles. The first-order chi connectivity index (χ1) is 10.8. The van der Waals surface area contributed by atoms with Gasteiger partial charge in [0.15, 0.2) is 0 Å². The zero-order chi connectivity index (χ0) is 17.0. The molecule has 2 heterocycles. The van der Waals surface area contributed by atoms with Crippen LogP contribution < -0.4 is 10.6 Å². The fourth-order valence-electron chi connectivity index (χ4n) is 2.50. The molecule has 4 nitrogen and oxygen atoms in total. The van der Waals surface area contributed by atoms with Crippen molar-refractivity contribution in [3.63, 3.8) is 0 Å². The van der Waals surface area contributed by atoms with Crippen LogP contribution >= 0.6 is 11.6 Å². The topological polar surface area (TPSA) is 54.5 Å². The van der Waals surface area contributed by atoms with Crippen molar-refractivity contribution in [3.05, 3.63) is 46.8 Å². The van der Waals surface area contributed by atoms with Gasteiger partial charge < -0.3 is 10.6 Å². The number of pyridine rings is 1. The van der Waals surface area contributed by atoms with Gasteiger partial charge in [-0.25, -0.2) is 9.98 Å². The van der Waals surface area contributed by atoms with Gasteiger partial charge in [-0.3, -0.25) is 0 Å². The molecule has 0 radical (unpaired) electrons. The lowest BCUT2D eigenvalue weighted by molar-refractivity contribution is -0.137. The lowest BCUT2D eigenvalue weighted by Gasteiger charge is -2.24. The Kier molecular flexibility index (Phi) is 5.30. The van der Waals surface area contributed by atoms with E-state index in [-0.39, 0.29) is 5.82 Å². The molecule has 2 N–H and O–H groups in total. The summed E-state index contributed by atoms with van der Waals surface area (Å²) in [4.78, 5) is 9.57. The maximum atomic E-state index is 13.2. The van der Waals surface area contributed by atoms with Crippen LogP contribution in [0, 0.1) is 0 Å². The molecule has 0 spiro atoms. The van der Waals surface area contributed by atoms with Crippen LogP contribution in [0.15, 0.2) is 46.2 Å². The summed E-state index contributed by atoms with van der Waals surface area (Å²) in [5.74, 6) is -0.0856. The number of hydrogen-bond donors (Lipinski definition) is 1. The number of rotatable bonds is 3. The highest BCUT2D eigenvalue weighted by Crippen LogP contribution is 2.36. The smallest absolute Gasteiger partial charge is 0.390 e. The van der Waals surface area contributed by atoms with E-state index in [0.29, 0.717) is 42.2 Å². The fourth-order valence-corrected chi connectivity index (χ4v) is 2.70. The quantitative estimate of drug-likeness (QED) is 0.672. The molecule has 2 rings (SSSR count). The first-order valence-electron chi connectivity index (χ1n) is 6.92. The van der Waals surface area contributed by atoms with Crippen molar-refractivity contribution in [1.29, 1.82) is 0 Å². The summed E-state index contributed by atoms with van der Waals surface area (Å²) in [7, 11) is 0. The highest BCUT2D eigenvalue weighted by Gasteiger charge is 2.36. The average Bonchev–Trinajstić information content (AvgIpc) is 2.69. The lowest BCUT2D eigenvalue weighted by Crippen LogP contribution is -2.28. The van der Waals surface area contributed by atoms with E-state index in [0.717, 1.165) is 12.4 Å². The van der Waals surface area contributed by atoms with Crippen LogP contribution in [0.5, 0.6) is 0 Å². The maximum Gasteiger partial charge on any atom is 0.419 e. The van der Waals surface area contributed by atoms with Crippen LogP contribution in [0.3, 0.4) is 0 Å². The molecule has 23 heavy (non-hydrogen) atoms. The van der Waals surface area contributed by atoms with Crippen LogP contribution in [-0.4, -0.2) is 24.4 Å². The maximum absolute atomic E-state index is 13.2. The molecule has 1 aliphatic rings. The van der Waals surface area contributed by atoms with Gasteiger partial charge in [0.05, 0.1) is 11.9 Å². The third-order valence-corrected chi connectivity index (χ3v) is 3.78. The van der Waals surface area contributed by atoms with Crippen LogP contribution in [0.2, 0.25) is 0 Å². The number of alkyl halides is 3. The number of hydrogen-bond acceptors (Lipinski definition) is 3. The summed E-state index contributed by atoms with van der Waals surface area (Å²) < 4.78 is 39.5. The van der Waals surface area contributed by atoms with Crippen molar-refractivity contribution in [3.8, 4) is 0 Å². The fraction of sp³-hybridized carbons (Fsp3) is 0.333. The number of nitrogens with two attached hydrogens (primary N) is 1. The summed E-state index contributed by atoms with van der Waals surface area (Å²) >= 11 is 5.98. The summed E-state index contributed by atoms with van der Waals surface area (Å²) in [6.07, 6.45) is -1.14. The summed E-state index contributed by atoms with van der Waals surface area (Å²) in [5, 5.41) is 0.324. The number of aliphatic imine (C=N–C) groups is 1. The van der Waals surface area contributed by atoms with Crippen molar-refractivity contribution in [2.75, 3.05) is 18.0 Å². The predicted octanol–water partition coefficient (Wildman–Crippen LogP) is 3.69. The minimum absolute atomic E-state index is 0.0856. The largest absolute Gasteiger partial charge is 0.419 e. The van der Waals surface area contributed by atoms with Gasteiger partial charge in [0.25, 0.3) is 0 Å². The molecule has 0 amide bonds.